The van der Waals surface area contributed by atoms with Crippen LogP contribution in [-0.4, -0.2) is 55.6 Å². The van der Waals surface area contributed by atoms with E-state index in [1.54, 1.807) is 40.4 Å². The van der Waals surface area contributed by atoms with Crippen molar-refractivity contribution in [1.29, 1.82) is 0 Å². The molecule has 2 amide bonds. The quantitative estimate of drug-likeness (QED) is 0.830. The molecule has 0 spiro atoms. The number of benzene rings is 1. The van der Waals surface area contributed by atoms with Crippen molar-refractivity contribution >= 4 is 27.5 Å². The molecule has 0 unspecified atom stereocenters. The molecule has 2 aliphatic heterocycles. The number of sulfonamides is 1. The van der Waals surface area contributed by atoms with Crippen molar-refractivity contribution in [3.63, 3.8) is 0 Å². The third-order valence-electron chi connectivity index (χ3n) is 5.69. The third kappa shape index (κ3) is 4.72. The van der Waals surface area contributed by atoms with Gasteiger partial charge in [-0.1, -0.05) is 6.92 Å². The average Bonchev–Trinajstić information content (AvgIpc) is 2.68. The number of nitrogens with zero attached hydrogens (tertiary/aromatic N) is 2. The van der Waals surface area contributed by atoms with Gasteiger partial charge < -0.3 is 10.2 Å². The monoisotopic (exact) mass is 407 g/mol. The van der Waals surface area contributed by atoms with Gasteiger partial charge in [-0.15, -0.1) is 0 Å². The van der Waals surface area contributed by atoms with E-state index in [-0.39, 0.29) is 22.6 Å². The number of amides is 2. The average molecular weight is 408 g/mol. The summed E-state index contributed by atoms with van der Waals surface area (Å²) in [5.41, 5.74) is 0.588. The zero-order chi connectivity index (χ0) is 20.3. The van der Waals surface area contributed by atoms with Gasteiger partial charge in [0.2, 0.25) is 21.8 Å². The first-order valence-corrected chi connectivity index (χ1v) is 11.4. The SMILES string of the molecule is CC(=O)N1CCC(C(=O)Nc2ccc(S(=O)(=O)N3CCC[C@H](C)C3)cc2)CC1. The fourth-order valence-electron chi connectivity index (χ4n) is 3.92. The molecular formula is C20H29N3O4S. The van der Waals surface area contributed by atoms with Crippen molar-refractivity contribution in [3.05, 3.63) is 24.3 Å². The van der Waals surface area contributed by atoms with Crippen LogP contribution in [-0.2, 0) is 19.6 Å². The number of nitrogens with one attached hydrogen (secondary N) is 1. The van der Waals surface area contributed by atoms with Crippen LogP contribution in [0.5, 0.6) is 0 Å². The Morgan fingerprint density at radius 3 is 2.25 bits per heavy atom. The highest BCUT2D eigenvalue weighted by Crippen LogP contribution is 2.25. The first-order valence-electron chi connectivity index (χ1n) is 9.94. The van der Waals surface area contributed by atoms with Gasteiger partial charge in [0.05, 0.1) is 4.90 Å². The maximum atomic E-state index is 12.8. The molecule has 2 fully saturated rings. The number of anilines is 1. The standard InChI is InChI=1S/C20H29N3O4S/c1-15-4-3-11-23(14-15)28(26,27)19-7-5-18(6-8-19)21-20(25)17-9-12-22(13-10-17)16(2)24/h5-8,15,17H,3-4,9-14H2,1-2H3,(H,21,25)/t15-/m0/s1. The van der Waals surface area contributed by atoms with Crippen molar-refractivity contribution in [3.8, 4) is 0 Å². The van der Waals surface area contributed by atoms with Gasteiger partial charge in [0.25, 0.3) is 0 Å². The van der Waals surface area contributed by atoms with Gasteiger partial charge >= 0.3 is 0 Å². The van der Waals surface area contributed by atoms with Crippen LogP contribution < -0.4 is 5.32 Å². The number of hydrogen-bond acceptors (Lipinski definition) is 4. The number of rotatable bonds is 4. The maximum Gasteiger partial charge on any atom is 0.243 e. The summed E-state index contributed by atoms with van der Waals surface area (Å²) in [5, 5.41) is 2.87. The van der Waals surface area contributed by atoms with E-state index in [9.17, 15) is 18.0 Å². The van der Waals surface area contributed by atoms with E-state index < -0.39 is 10.0 Å². The first-order chi connectivity index (χ1) is 13.3. The Morgan fingerprint density at radius 2 is 1.68 bits per heavy atom. The molecule has 28 heavy (non-hydrogen) atoms. The lowest BCUT2D eigenvalue weighted by Crippen LogP contribution is -2.40. The molecule has 0 bridgehead atoms. The lowest BCUT2D eigenvalue weighted by Gasteiger charge is -2.30. The number of piperidine rings is 2. The van der Waals surface area contributed by atoms with Gasteiger partial charge in [-0.2, -0.15) is 4.31 Å². The van der Waals surface area contributed by atoms with Crippen LogP contribution in [0.4, 0.5) is 5.69 Å². The Bertz CT molecular complexity index is 814. The van der Waals surface area contributed by atoms with Gasteiger partial charge in [-0.05, 0) is 55.9 Å². The summed E-state index contributed by atoms with van der Waals surface area (Å²) in [6.45, 7) is 5.92. The highest BCUT2D eigenvalue weighted by atomic mass is 32.2. The number of hydrogen-bond donors (Lipinski definition) is 1. The number of likely N-dealkylation sites (tertiary alicyclic amines) is 1. The summed E-state index contributed by atoms with van der Waals surface area (Å²) >= 11 is 0. The van der Waals surface area contributed by atoms with E-state index in [1.165, 1.54) is 0 Å². The van der Waals surface area contributed by atoms with Crippen molar-refractivity contribution < 1.29 is 18.0 Å². The van der Waals surface area contributed by atoms with E-state index in [4.69, 9.17) is 0 Å². The van der Waals surface area contributed by atoms with Gasteiger partial charge in [-0.3, -0.25) is 9.59 Å². The van der Waals surface area contributed by atoms with Gasteiger partial charge in [0.15, 0.2) is 0 Å². The van der Waals surface area contributed by atoms with E-state index in [0.717, 1.165) is 12.8 Å². The number of carbonyl (C=O) groups is 2. The van der Waals surface area contributed by atoms with Gasteiger partial charge in [0, 0.05) is 44.7 Å². The summed E-state index contributed by atoms with van der Waals surface area (Å²) in [6.07, 6.45) is 3.23. The fourth-order valence-corrected chi connectivity index (χ4v) is 5.52. The second-order valence-corrected chi connectivity index (χ2v) is 9.84. The molecule has 8 heteroatoms. The predicted molar refractivity (Wildman–Crippen MR) is 107 cm³/mol. The molecule has 0 radical (unpaired) electrons. The molecule has 1 aromatic carbocycles. The lowest BCUT2D eigenvalue weighted by molar-refractivity contribution is -0.132. The topological polar surface area (TPSA) is 86.8 Å². The largest absolute Gasteiger partial charge is 0.343 e. The van der Waals surface area contributed by atoms with Crippen molar-refractivity contribution in [2.75, 3.05) is 31.5 Å². The normalized spacial score (nSPS) is 22.1. The molecule has 0 aliphatic carbocycles. The highest BCUT2D eigenvalue weighted by molar-refractivity contribution is 7.89. The summed E-state index contributed by atoms with van der Waals surface area (Å²) in [7, 11) is -3.49. The molecule has 154 valence electrons. The third-order valence-corrected chi connectivity index (χ3v) is 7.57. The zero-order valence-corrected chi connectivity index (χ0v) is 17.4. The minimum Gasteiger partial charge on any atom is -0.343 e. The maximum absolute atomic E-state index is 12.8. The van der Waals surface area contributed by atoms with Crippen LogP contribution in [0.1, 0.15) is 39.5 Å². The van der Waals surface area contributed by atoms with E-state index >= 15 is 0 Å². The molecule has 2 aliphatic rings. The summed E-state index contributed by atoms with van der Waals surface area (Å²) in [5.74, 6) is 0.202. The summed E-state index contributed by atoms with van der Waals surface area (Å²) in [6, 6.07) is 6.40. The minimum absolute atomic E-state index is 0.0405. The molecule has 3 rings (SSSR count). The van der Waals surface area contributed by atoms with Crippen molar-refractivity contribution in [2.45, 2.75) is 44.4 Å². The Kier molecular flexibility index (Phi) is 6.40. The smallest absolute Gasteiger partial charge is 0.243 e. The van der Waals surface area contributed by atoms with Crippen LogP contribution >= 0.6 is 0 Å². The number of carbonyl (C=O) groups excluding carboxylic acids is 2. The molecule has 1 aromatic rings. The van der Waals surface area contributed by atoms with Crippen LogP contribution in [0.2, 0.25) is 0 Å². The molecule has 1 N–H and O–H groups in total. The Labute approximate surface area is 167 Å². The molecule has 2 saturated heterocycles. The molecule has 0 aromatic heterocycles. The van der Waals surface area contributed by atoms with E-state index in [0.29, 0.717) is 50.6 Å². The van der Waals surface area contributed by atoms with Crippen LogP contribution in [0, 0.1) is 11.8 Å². The lowest BCUT2D eigenvalue weighted by atomic mass is 9.96. The summed E-state index contributed by atoms with van der Waals surface area (Å²) < 4.78 is 27.2. The Balaban J connectivity index is 1.60. The van der Waals surface area contributed by atoms with Gasteiger partial charge in [-0.25, -0.2) is 8.42 Å². The Hall–Kier alpha value is -1.93. The second kappa shape index (κ2) is 8.61. The fraction of sp³-hybridized carbons (Fsp3) is 0.600. The zero-order valence-electron chi connectivity index (χ0n) is 16.6. The van der Waals surface area contributed by atoms with E-state index in [1.807, 2.05) is 0 Å². The molecule has 1 atom stereocenters. The molecule has 0 saturated carbocycles. The van der Waals surface area contributed by atoms with Crippen LogP contribution in [0.25, 0.3) is 0 Å². The molecule has 7 nitrogen and oxygen atoms in total. The second-order valence-electron chi connectivity index (χ2n) is 7.90. The van der Waals surface area contributed by atoms with E-state index in [2.05, 4.69) is 12.2 Å². The van der Waals surface area contributed by atoms with Crippen LogP contribution in [0.15, 0.2) is 29.2 Å². The Morgan fingerprint density at radius 1 is 1.04 bits per heavy atom. The first kappa shape index (κ1) is 20.8. The highest BCUT2D eigenvalue weighted by Gasteiger charge is 2.29. The summed E-state index contributed by atoms with van der Waals surface area (Å²) in [4.78, 5) is 25.9. The van der Waals surface area contributed by atoms with Crippen molar-refractivity contribution in [1.82, 2.24) is 9.21 Å². The predicted octanol–water partition coefficient (Wildman–Crippen LogP) is 2.30. The van der Waals surface area contributed by atoms with Crippen molar-refractivity contribution in [2.24, 2.45) is 11.8 Å². The minimum atomic E-state index is -3.49. The van der Waals surface area contributed by atoms with Gasteiger partial charge in [0.1, 0.15) is 0 Å². The van der Waals surface area contributed by atoms with Crippen LogP contribution in [0.3, 0.4) is 0 Å². The molecule has 2 heterocycles. The molecular weight excluding hydrogens is 378 g/mol.